The largest absolute Gasteiger partial charge is 0.508 e. The molecule has 0 atom stereocenters. The Morgan fingerprint density at radius 2 is 1.92 bits per heavy atom. The van der Waals surface area contributed by atoms with Crippen LogP contribution in [0.5, 0.6) is 5.75 Å². The molecule has 1 fully saturated rings. The number of amides is 1. The van der Waals surface area contributed by atoms with E-state index in [1.54, 1.807) is 24.3 Å². The van der Waals surface area contributed by atoms with Crippen LogP contribution in [0.15, 0.2) is 29.4 Å². The molecule has 0 saturated carbocycles. The molecule has 0 unspecified atom stereocenters. The maximum Gasteiger partial charge on any atom is 0.233 e. The first-order valence-electron chi connectivity index (χ1n) is 8.14. The van der Waals surface area contributed by atoms with Crippen LogP contribution in [0.2, 0.25) is 0 Å². The normalized spacial score (nSPS) is 15.7. The van der Waals surface area contributed by atoms with E-state index in [1.165, 1.54) is 11.8 Å². The van der Waals surface area contributed by atoms with Gasteiger partial charge in [-0.15, -0.1) is 10.2 Å². The molecule has 0 bridgehead atoms. The molecule has 0 radical (unpaired) electrons. The summed E-state index contributed by atoms with van der Waals surface area (Å²) in [6.07, 6.45) is 2.18. The lowest BCUT2D eigenvalue weighted by Crippen LogP contribution is -2.38. The minimum Gasteiger partial charge on any atom is -0.508 e. The highest BCUT2D eigenvalue weighted by Gasteiger charge is 2.21. The maximum atomic E-state index is 12.3. The summed E-state index contributed by atoms with van der Waals surface area (Å²) in [5.41, 5.74) is 0.881. The van der Waals surface area contributed by atoms with Gasteiger partial charge in [-0.1, -0.05) is 18.7 Å². The van der Waals surface area contributed by atoms with Crippen LogP contribution in [-0.2, 0) is 11.8 Å². The van der Waals surface area contributed by atoms with Gasteiger partial charge in [0, 0.05) is 25.7 Å². The van der Waals surface area contributed by atoms with Crippen LogP contribution in [0.3, 0.4) is 0 Å². The van der Waals surface area contributed by atoms with E-state index in [0.717, 1.165) is 42.5 Å². The molecule has 0 aliphatic carbocycles. The first-order valence-corrected chi connectivity index (χ1v) is 9.12. The quantitative estimate of drug-likeness (QED) is 0.862. The molecular weight excluding hydrogens is 324 g/mol. The number of phenolic OH excluding ortho intramolecular Hbond substituents is 1. The van der Waals surface area contributed by atoms with Crippen molar-refractivity contribution in [2.45, 2.75) is 24.9 Å². The number of hydrogen-bond acceptors (Lipinski definition) is 5. The summed E-state index contributed by atoms with van der Waals surface area (Å²) in [4.78, 5) is 14.3. The van der Waals surface area contributed by atoms with Gasteiger partial charge in [0.2, 0.25) is 5.91 Å². The van der Waals surface area contributed by atoms with Gasteiger partial charge in [0.1, 0.15) is 5.75 Å². The van der Waals surface area contributed by atoms with Crippen molar-refractivity contribution in [1.82, 2.24) is 19.7 Å². The van der Waals surface area contributed by atoms with Crippen LogP contribution in [0.4, 0.5) is 0 Å². The Balaban J connectivity index is 1.62. The number of carbonyl (C=O) groups excluding carboxylic acids is 1. The van der Waals surface area contributed by atoms with E-state index < -0.39 is 0 Å². The molecule has 1 aromatic heterocycles. The van der Waals surface area contributed by atoms with E-state index in [4.69, 9.17) is 0 Å². The topological polar surface area (TPSA) is 71.2 Å². The number of carbonyl (C=O) groups is 1. The van der Waals surface area contributed by atoms with Crippen LogP contribution in [0.25, 0.3) is 11.4 Å². The van der Waals surface area contributed by atoms with Crippen molar-refractivity contribution in [3.05, 3.63) is 24.3 Å². The Labute approximate surface area is 145 Å². The van der Waals surface area contributed by atoms with Gasteiger partial charge in [-0.2, -0.15) is 0 Å². The smallest absolute Gasteiger partial charge is 0.233 e. The van der Waals surface area contributed by atoms with Crippen LogP contribution in [0, 0.1) is 5.92 Å². The van der Waals surface area contributed by atoms with Gasteiger partial charge >= 0.3 is 0 Å². The number of thioether (sulfide) groups is 1. The minimum atomic E-state index is 0.168. The summed E-state index contributed by atoms with van der Waals surface area (Å²) in [6, 6.07) is 6.84. The summed E-state index contributed by atoms with van der Waals surface area (Å²) in [6.45, 7) is 3.96. The summed E-state index contributed by atoms with van der Waals surface area (Å²) >= 11 is 1.42. The van der Waals surface area contributed by atoms with Gasteiger partial charge in [0.05, 0.1) is 5.75 Å². The fourth-order valence-corrected chi connectivity index (χ4v) is 3.59. The molecule has 6 nitrogen and oxygen atoms in total. The SMILES string of the molecule is CC1CCN(C(=O)CSc2nnc(-c3ccc(O)cc3)n2C)CC1. The molecule has 128 valence electrons. The Morgan fingerprint density at radius 3 is 2.58 bits per heavy atom. The van der Waals surface area contributed by atoms with Crippen molar-refractivity contribution in [2.75, 3.05) is 18.8 Å². The predicted octanol–water partition coefficient (Wildman–Crippen LogP) is 2.54. The molecule has 1 aromatic carbocycles. The Morgan fingerprint density at radius 1 is 1.25 bits per heavy atom. The highest BCUT2D eigenvalue weighted by molar-refractivity contribution is 7.99. The van der Waals surface area contributed by atoms with Crippen molar-refractivity contribution >= 4 is 17.7 Å². The number of piperidine rings is 1. The fraction of sp³-hybridized carbons (Fsp3) is 0.471. The lowest BCUT2D eigenvalue weighted by Gasteiger charge is -2.30. The Kier molecular flexibility index (Phi) is 5.08. The number of nitrogens with zero attached hydrogens (tertiary/aromatic N) is 4. The van der Waals surface area contributed by atoms with Gasteiger partial charge in [-0.05, 0) is 43.0 Å². The number of phenols is 1. The zero-order valence-corrected chi connectivity index (χ0v) is 14.8. The van der Waals surface area contributed by atoms with Gasteiger partial charge < -0.3 is 14.6 Å². The number of hydrogen-bond donors (Lipinski definition) is 1. The average Bonchev–Trinajstić information content (AvgIpc) is 2.95. The van der Waals surface area contributed by atoms with Crippen LogP contribution >= 0.6 is 11.8 Å². The summed E-state index contributed by atoms with van der Waals surface area (Å²) in [7, 11) is 1.89. The second-order valence-corrected chi connectivity index (χ2v) is 7.21. The van der Waals surface area contributed by atoms with E-state index in [0.29, 0.717) is 11.7 Å². The van der Waals surface area contributed by atoms with E-state index >= 15 is 0 Å². The molecule has 1 aliphatic rings. The van der Waals surface area contributed by atoms with E-state index in [2.05, 4.69) is 17.1 Å². The van der Waals surface area contributed by atoms with Crippen molar-refractivity contribution in [3.8, 4) is 17.1 Å². The third kappa shape index (κ3) is 3.72. The zero-order chi connectivity index (χ0) is 17.1. The number of benzene rings is 1. The second kappa shape index (κ2) is 7.25. The monoisotopic (exact) mass is 346 g/mol. The fourth-order valence-electron chi connectivity index (χ4n) is 2.78. The number of likely N-dealkylation sites (tertiary alicyclic amines) is 1. The standard InChI is InChI=1S/C17H22N4O2S/c1-12-7-9-21(10-8-12)15(23)11-24-17-19-18-16(20(17)2)13-3-5-14(22)6-4-13/h3-6,12,22H,7-11H2,1-2H3. The van der Waals surface area contributed by atoms with E-state index in [-0.39, 0.29) is 11.7 Å². The average molecular weight is 346 g/mol. The molecule has 24 heavy (non-hydrogen) atoms. The number of aromatic nitrogens is 3. The van der Waals surface area contributed by atoms with Gasteiger partial charge in [-0.25, -0.2) is 0 Å². The molecule has 1 N–H and O–H groups in total. The molecule has 1 saturated heterocycles. The van der Waals surface area contributed by atoms with Gasteiger partial charge in [0.15, 0.2) is 11.0 Å². The predicted molar refractivity (Wildman–Crippen MR) is 93.8 cm³/mol. The third-order valence-corrected chi connectivity index (χ3v) is 5.43. The molecule has 7 heteroatoms. The summed E-state index contributed by atoms with van der Waals surface area (Å²) in [5.74, 6) is 2.21. The van der Waals surface area contributed by atoms with Crippen molar-refractivity contribution in [2.24, 2.45) is 13.0 Å². The van der Waals surface area contributed by atoms with Crippen LogP contribution < -0.4 is 0 Å². The molecule has 0 spiro atoms. The molecule has 3 rings (SSSR count). The summed E-state index contributed by atoms with van der Waals surface area (Å²) < 4.78 is 1.88. The lowest BCUT2D eigenvalue weighted by molar-refractivity contribution is -0.129. The van der Waals surface area contributed by atoms with Crippen LogP contribution in [0.1, 0.15) is 19.8 Å². The highest BCUT2D eigenvalue weighted by Crippen LogP contribution is 2.25. The van der Waals surface area contributed by atoms with Crippen LogP contribution in [-0.4, -0.2) is 49.5 Å². The first-order chi connectivity index (χ1) is 11.5. The molecule has 2 heterocycles. The summed E-state index contributed by atoms with van der Waals surface area (Å²) in [5, 5.41) is 18.5. The molecular formula is C17H22N4O2S. The van der Waals surface area contributed by atoms with Gasteiger partial charge in [-0.3, -0.25) is 4.79 Å². The molecule has 1 aliphatic heterocycles. The second-order valence-electron chi connectivity index (χ2n) is 6.26. The minimum absolute atomic E-state index is 0.168. The van der Waals surface area contributed by atoms with E-state index in [1.807, 2.05) is 16.5 Å². The van der Waals surface area contributed by atoms with Gasteiger partial charge in [0.25, 0.3) is 0 Å². The van der Waals surface area contributed by atoms with Crippen molar-refractivity contribution in [1.29, 1.82) is 0 Å². The third-order valence-electron chi connectivity index (χ3n) is 4.42. The zero-order valence-electron chi connectivity index (χ0n) is 14.0. The number of rotatable bonds is 4. The van der Waals surface area contributed by atoms with E-state index in [9.17, 15) is 9.90 Å². The first kappa shape index (κ1) is 16.8. The van der Waals surface area contributed by atoms with Crippen molar-refractivity contribution in [3.63, 3.8) is 0 Å². The molecule has 2 aromatic rings. The lowest BCUT2D eigenvalue weighted by atomic mass is 9.99. The number of aromatic hydroxyl groups is 1. The highest BCUT2D eigenvalue weighted by atomic mass is 32.2. The van der Waals surface area contributed by atoms with Crippen molar-refractivity contribution < 1.29 is 9.90 Å². The maximum absolute atomic E-state index is 12.3. The molecule has 1 amide bonds. The Bertz CT molecular complexity index is 706. The Hall–Kier alpha value is -2.02.